The van der Waals surface area contributed by atoms with Crippen LogP contribution in [0.1, 0.15) is 65.0 Å². The summed E-state index contributed by atoms with van der Waals surface area (Å²) in [5.41, 5.74) is -1.92. The van der Waals surface area contributed by atoms with Crippen molar-refractivity contribution < 1.29 is 38.1 Å². The van der Waals surface area contributed by atoms with Crippen LogP contribution in [0.3, 0.4) is 0 Å². The lowest BCUT2D eigenvalue weighted by Gasteiger charge is -2.70. The molecule has 1 N–H and O–H groups in total. The van der Waals surface area contributed by atoms with Gasteiger partial charge in [-0.05, 0) is 30.4 Å². The first kappa shape index (κ1) is 24.3. The number of ketones is 1. The third-order valence-corrected chi connectivity index (χ3v) is 9.96. The van der Waals surface area contributed by atoms with Gasteiger partial charge in [0, 0.05) is 34.1 Å². The smallest absolute Gasteiger partial charge is 0.335 e. The highest BCUT2D eigenvalue weighted by Crippen LogP contribution is 2.71. The van der Waals surface area contributed by atoms with Gasteiger partial charge in [0.25, 0.3) is 0 Å². The Morgan fingerprint density at radius 3 is 2.60 bits per heavy atom. The average molecular weight is 487 g/mol. The second-order valence-electron chi connectivity index (χ2n) is 11.7. The Morgan fingerprint density at radius 1 is 1.26 bits per heavy atom. The van der Waals surface area contributed by atoms with Crippen molar-refractivity contribution in [2.24, 2.45) is 28.1 Å². The summed E-state index contributed by atoms with van der Waals surface area (Å²) in [6, 6.07) is 1.79. The molecule has 0 amide bonds. The molecule has 190 valence electrons. The molecule has 8 nitrogen and oxygen atoms in total. The number of hydrogen-bond donors (Lipinski definition) is 1. The Labute approximate surface area is 205 Å². The Kier molecular flexibility index (Phi) is 5.22. The van der Waals surface area contributed by atoms with E-state index >= 15 is 0 Å². The molecule has 4 aliphatic rings. The molecule has 3 heterocycles. The summed E-state index contributed by atoms with van der Waals surface area (Å²) in [4.78, 5) is 39.0. The Balaban J connectivity index is 1.65. The summed E-state index contributed by atoms with van der Waals surface area (Å²) in [6.07, 6.45) is 1.91. The minimum atomic E-state index is -1.50. The van der Waals surface area contributed by atoms with E-state index in [9.17, 15) is 19.5 Å². The number of fused-ring (bicyclic) bond motifs is 3. The molecule has 2 aliphatic heterocycles. The second-order valence-corrected chi connectivity index (χ2v) is 11.7. The molecule has 8 atom stereocenters. The predicted octanol–water partition coefficient (Wildman–Crippen LogP) is 3.53. The van der Waals surface area contributed by atoms with E-state index in [0.29, 0.717) is 12.8 Å². The summed E-state index contributed by atoms with van der Waals surface area (Å²) >= 11 is 0. The third kappa shape index (κ3) is 2.90. The number of carbonyl (C=O) groups excluding carboxylic acids is 3. The van der Waals surface area contributed by atoms with Gasteiger partial charge in [-0.25, -0.2) is 4.79 Å². The van der Waals surface area contributed by atoms with E-state index in [4.69, 9.17) is 18.6 Å². The number of esters is 2. The number of methoxy groups -OCH3 is 1. The minimum Gasteiger partial charge on any atom is -0.472 e. The van der Waals surface area contributed by atoms with E-state index in [1.165, 1.54) is 7.11 Å². The van der Waals surface area contributed by atoms with Gasteiger partial charge < -0.3 is 23.7 Å². The maximum atomic E-state index is 13.4. The molecule has 0 unspecified atom stereocenters. The minimum absolute atomic E-state index is 0.00156. The Bertz CT molecular complexity index is 1090. The van der Waals surface area contributed by atoms with Crippen LogP contribution in [0, 0.1) is 28.1 Å². The van der Waals surface area contributed by atoms with Crippen LogP contribution in [0.25, 0.3) is 0 Å². The van der Waals surface area contributed by atoms with Gasteiger partial charge in [-0.1, -0.05) is 34.3 Å². The predicted molar refractivity (Wildman–Crippen MR) is 123 cm³/mol. The zero-order chi connectivity index (χ0) is 25.6. The molecule has 2 aliphatic carbocycles. The van der Waals surface area contributed by atoms with Crippen molar-refractivity contribution in [2.45, 2.75) is 77.3 Å². The summed E-state index contributed by atoms with van der Waals surface area (Å²) in [5.74, 6) is -2.20. The lowest BCUT2D eigenvalue weighted by atomic mass is 9.41. The van der Waals surface area contributed by atoms with Crippen LogP contribution in [0.2, 0.25) is 0 Å². The lowest BCUT2D eigenvalue weighted by molar-refractivity contribution is -0.303. The van der Waals surface area contributed by atoms with Crippen molar-refractivity contribution in [1.82, 2.24) is 0 Å². The molecule has 1 aromatic rings. The number of ether oxygens (including phenoxy) is 3. The van der Waals surface area contributed by atoms with Crippen LogP contribution in [0.15, 0.2) is 35.2 Å². The zero-order valence-corrected chi connectivity index (χ0v) is 21.0. The fourth-order valence-corrected chi connectivity index (χ4v) is 8.08. The molecular formula is C27H34O8. The van der Waals surface area contributed by atoms with Gasteiger partial charge in [0.05, 0.1) is 32.2 Å². The van der Waals surface area contributed by atoms with Crippen LogP contribution in [0.5, 0.6) is 0 Å². The molecule has 1 spiro atoms. The lowest BCUT2D eigenvalue weighted by Crippen LogP contribution is -2.74. The first-order valence-corrected chi connectivity index (χ1v) is 12.2. The van der Waals surface area contributed by atoms with Crippen LogP contribution in [-0.4, -0.2) is 47.7 Å². The molecule has 2 bridgehead atoms. The molecule has 0 radical (unpaired) electrons. The Morgan fingerprint density at radius 2 is 1.97 bits per heavy atom. The maximum Gasteiger partial charge on any atom is 0.335 e. The average Bonchev–Trinajstić information content (AvgIpc) is 3.32. The number of aliphatic hydroxyl groups excluding tert-OH is 1. The first-order chi connectivity index (χ1) is 16.3. The number of hydrogen-bond acceptors (Lipinski definition) is 8. The van der Waals surface area contributed by atoms with Crippen LogP contribution in [-0.2, 0) is 28.6 Å². The fraction of sp³-hybridized carbons (Fsp3) is 0.667. The van der Waals surface area contributed by atoms with E-state index in [1.807, 2.05) is 6.92 Å². The SMILES string of the molecule is C=C1[C@H]2CC[C@@]3(C)[C@H](c4ccoc4)OC(=O)C[C@]13O[C@@H]1CC(=O)C(C)(C)[C@H]([C@H](O)C(=O)OC)[C@@]21C. The summed E-state index contributed by atoms with van der Waals surface area (Å²) in [7, 11) is 1.23. The van der Waals surface area contributed by atoms with Gasteiger partial charge in [-0.2, -0.15) is 0 Å². The highest BCUT2D eigenvalue weighted by Gasteiger charge is 2.74. The van der Waals surface area contributed by atoms with E-state index in [-0.39, 0.29) is 24.5 Å². The number of Topliss-reactive ketones (excluding diaryl/α,β-unsaturated/α-hetero) is 1. The van der Waals surface area contributed by atoms with Crippen molar-refractivity contribution in [2.75, 3.05) is 7.11 Å². The molecule has 5 rings (SSSR count). The normalized spacial score (nSPS) is 43.0. The molecule has 0 aromatic carbocycles. The van der Waals surface area contributed by atoms with Crippen molar-refractivity contribution in [1.29, 1.82) is 0 Å². The van der Waals surface area contributed by atoms with Crippen molar-refractivity contribution in [3.8, 4) is 0 Å². The van der Waals surface area contributed by atoms with Crippen LogP contribution >= 0.6 is 0 Å². The topological polar surface area (TPSA) is 112 Å². The standard InChI is InChI=1S/C27H34O8/c1-14-16-7-9-25(4)22(15-8-10-33-13-15)34-19(29)12-27(14,25)35-18-11-17(28)24(2,3)21(26(16,18)5)20(30)23(31)32-6/h8,10,13,16,18,20-22,30H,1,7,9,11-12H2,2-6H3/t16-,18-,20+,21+,22+,25+,26+,27+/m1/s1. The van der Waals surface area contributed by atoms with E-state index in [2.05, 4.69) is 13.5 Å². The molecule has 1 aromatic heterocycles. The van der Waals surface area contributed by atoms with Crippen molar-refractivity contribution >= 4 is 17.7 Å². The van der Waals surface area contributed by atoms with Crippen molar-refractivity contribution in [3.63, 3.8) is 0 Å². The highest BCUT2D eigenvalue weighted by molar-refractivity contribution is 5.88. The molecule has 35 heavy (non-hydrogen) atoms. The zero-order valence-electron chi connectivity index (χ0n) is 21.0. The van der Waals surface area contributed by atoms with Crippen LogP contribution < -0.4 is 0 Å². The number of rotatable bonds is 3. The van der Waals surface area contributed by atoms with E-state index < -0.39 is 58.0 Å². The van der Waals surface area contributed by atoms with Crippen LogP contribution in [0.4, 0.5) is 0 Å². The summed E-state index contributed by atoms with van der Waals surface area (Å²) < 4.78 is 23.0. The van der Waals surface area contributed by atoms with E-state index in [0.717, 1.165) is 11.1 Å². The fourth-order valence-electron chi connectivity index (χ4n) is 8.08. The number of carbonyl (C=O) groups is 3. The quantitative estimate of drug-likeness (QED) is 0.510. The molecule has 2 saturated carbocycles. The van der Waals surface area contributed by atoms with Gasteiger partial charge in [0.15, 0.2) is 6.10 Å². The monoisotopic (exact) mass is 486 g/mol. The summed E-state index contributed by atoms with van der Waals surface area (Å²) in [6.45, 7) is 12.1. The summed E-state index contributed by atoms with van der Waals surface area (Å²) in [5, 5.41) is 11.2. The highest BCUT2D eigenvalue weighted by atomic mass is 16.6. The Hall–Kier alpha value is -2.45. The number of furan rings is 1. The van der Waals surface area contributed by atoms with Gasteiger partial charge >= 0.3 is 11.9 Å². The first-order valence-electron chi connectivity index (χ1n) is 12.2. The van der Waals surface area contributed by atoms with E-state index in [1.54, 1.807) is 32.4 Å². The largest absolute Gasteiger partial charge is 0.472 e. The molecule has 4 fully saturated rings. The molecule has 8 heteroatoms. The van der Waals surface area contributed by atoms with Crippen molar-refractivity contribution in [3.05, 3.63) is 36.3 Å². The number of cyclic esters (lactones) is 1. The van der Waals surface area contributed by atoms with Gasteiger partial charge in [0.2, 0.25) is 0 Å². The van der Waals surface area contributed by atoms with Gasteiger partial charge in [0.1, 0.15) is 17.5 Å². The molecular weight excluding hydrogens is 452 g/mol. The van der Waals surface area contributed by atoms with Gasteiger partial charge in [-0.15, -0.1) is 0 Å². The molecule has 2 saturated heterocycles. The third-order valence-electron chi connectivity index (χ3n) is 9.96. The van der Waals surface area contributed by atoms with Gasteiger partial charge in [-0.3, -0.25) is 9.59 Å². The maximum absolute atomic E-state index is 13.4. The second kappa shape index (κ2) is 7.53. The number of aliphatic hydroxyl groups is 1.